The van der Waals surface area contributed by atoms with Crippen LogP contribution in [0.2, 0.25) is 0 Å². The van der Waals surface area contributed by atoms with Gasteiger partial charge in [-0.05, 0) is 50.5 Å². The van der Waals surface area contributed by atoms with Crippen LogP contribution in [0, 0.1) is 0 Å². The van der Waals surface area contributed by atoms with E-state index in [0.717, 1.165) is 18.1 Å². The highest BCUT2D eigenvalue weighted by Gasteiger charge is 2.25. The number of rotatable bonds is 1. The minimum atomic E-state index is 0.487. The maximum absolute atomic E-state index is 5.44. The standard InChI is InChI=1S/C13H18N2S/c1-3-14-13(16)15-10(2)8-9-11-6-4-5-7-12(11)15/h4-7,10H,3,8-9H2,1-2H3,(H,14,16)/t10-/m0/s1. The highest BCUT2D eigenvalue weighted by atomic mass is 32.1. The molecule has 2 rings (SSSR count). The first-order valence-electron chi connectivity index (χ1n) is 5.89. The Morgan fingerprint density at radius 2 is 2.25 bits per heavy atom. The Kier molecular flexibility index (Phi) is 3.44. The van der Waals surface area contributed by atoms with Crippen molar-refractivity contribution in [3.63, 3.8) is 0 Å². The molecule has 0 aliphatic carbocycles. The van der Waals surface area contributed by atoms with E-state index < -0.39 is 0 Å². The van der Waals surface area contributed by atoms with E-state index in [4.69, 9.17) is 12.2 Å². The first-order valence-corrected chi connectivity index (χ1v) is 6.29. The molecule has 0 saturated carbocycles. The first kappa shape index (κ1) is 11.4. The lowest BCUT2D eigenvalue weighted by Crippen LogP contribution is -2.47. The number of anilines is 1. The summed E-state index contributed by atoms with van der Waals surface area (Å²) >= 11 is 5.44. The van der Waals surface area contributed by atoms with Crippen LogP contribution in [0.3, 0.4) is 0 Å². The monoisotopic (exact) mass is 234 g/mol. The number of aryl methyl sites for hydroxylation is 1. The fraction of sp³-hybridized carbons (Fsp3) is 0.462. The molecule has 0 aromatic heterocycles. The summed E-state index contributed by atoms with van der Waals surface area (Å²) in [6.45, 7) is 5.19. The summed E-state index contributed by atoms with van der Waals surface area (Å²) < 4.78 is 0. The topological polar surface area (TPSA) is 15.3 Å². The van der Waals surface area contributed by atoms with Crippen molar-refractivity contribution >= 4 is 23.0 Å². The molecule has 0 amide bonds. The Hall–Kier alpha value is -1.09. The van der Waals surface area contributed by atoms with Crippen molar-refractivity contribution in [3.05, 3.63) is 29.8 Å². The van der Waals surface area contributed by atoms with Gasteiger partial charge in [0.1, 0.15) is 0 Å². The van der Waals surface area contributed by atoms with Gasteiger partial charge in [0.25, 0.3) is 0 Å². The number of nitrogens with one attached hydrogen (secondary N) is 1. The molecule has 0 bridgehead atoms. The Bertz CT molecular complexity index is 389. The zero-order chi connectivity index (χ0) is 11.5. The summed E-state index contributed by atoms with van der Waals surface area (Å²) in [5.41, 5.74) is 2.67. The lowest BCUT2D eigenvalue weighted by Gasteiger charge is -2.37. The second kappa shape index (κ2) is 4.83. The molecule has 86 valence electrons. The van der Waals surface area contributed by atoms with Crippen molar-refractivity contribution in [2.45, 2.75) is 32.7 Å². The zero-order valence-corrected chi connectivity index (χ0v) is 10.7. The third kappa shape index (κ3) is 2.05. The van der Waals surface area contributed by atoms with Crippen LogP contribution in [0.5, 0.6) is 0 Å². The quantitative estimate of drug-likeness (QED) is 0.752. The minimum Gasteiger partial charge on any atom is -0.363 e. The molecule has 1 aromatic carbocycles. The van der Waals surface area contributed by atoms with E-state index in [9.17, 15) is 0 Å². The Morgan fingerprint density at radius 1 is 1.50 bits per heavy atom. The first-order chi connectivity index (χ1) is 7.74. The second-order valence-corrected chi connectivity index (χ2v) is 4.61. The van der Waals surface area contributed by atoms with Crippen molar-refractivity contribution in [2.75, 3.05) is 11.4 Å². The van der Waals surface area contributed by atoms with Crippen LogP contribution in [-0.2, 0) is 6.42 Å². The van der Waals surface area contributed by atoms with E-state index in [2.05, 4.69) is 48.3 Å². The molecule has 0 fully saturated rings. The predicted octanol–water partition coefficient (Wildman–Crippen LogP) is 2.72. The van der Waals surface area contributed by atoms with E-state index in [-0.39, 0.29) is 0 Å². The average molecular weight is 234 g/mol. The third-order valence-corrected chi connectivity index (χ3v) is 3.41. The highest BCUT2D eigenvalue weighted by Crippen LogP contribution is 2.30. The molecule has 1 aliphatic heterocycles. The number of para-hydroxylation sites is 1. The molecule has 16 heavy (non-hydrogen) atoms. The van der Waals surface area contributed by atoms with E-state index in [1.54, 1.807) is 0 Å². The summed E-state index contributed by atoms with van der Waals surface area (Å²) in [7, 11) is 0. The SMILES string of the molecule is CCNC(=S)N1c2ccccc2CC[C@@H]1C. The molecule has 0 spiro atoms. The number of nitrogens with zero attached hydrogens (tertiary/aromatic N) is 1. The summed E-state index contributed by atoms with van der Waals surface area (Å²) in [5.74, 6) is 0. The van der Waals surface area contributed by atoms with Gasteiger partial charge in [0.05, 0.1) is 0 Å². The van der Waals surface area contributed by atoms with Crippen molar-refractivity contribution < 1.29 is 0 Å². The van der Waals surface area contributed by atoms with Crippen LogP contribution in [-0.4, -0.2) is 17.7 Å². The highest BCUT2D eigenvalue weighted by molar-refractivity contribution is 7.80. The van der Waals surface area contributed by atoms with Gasteiger partial charge >= 0.3 is 0 Å². The van der Waals surface area contributed by atoms with E-state index >= 15 is 0 Å². The van der Waals surface area contributed by atoms with Gasteiger partial charge in [0.15, 0.2) is 5.11 Å². The lowest BCUT2D eigenvalue weighted by atomic mass is 9.97. The van der Waals surface area contributed by atoms with Crippen LogP contribution in [0.25, 0.3) is 0 Å². The smallest absolute Gasteiger partial charge is 0.173 e. The van der Waals surface area contributed by atoms with Gasteiger partial charge in [-0.1, -0.05) is 18.2 Å². The van der Waals surface area contributed by atoms with Gasteiger partial charge in [-0.2, -0.15) is 0 Å². The van der Waals surface area contributed by atoms with E-state index in [1.807, 2.05) is 0 Å². The largest absolute Gasteiger partial charge is 0.363 e. The molecule has 0 unspecified atom stereocenters. The van der Waals surface area contributed by atoms with Gasteiger partial charge in [0, 0.05) is 18.3 Å². The Balaban J connectivity index is 2.33. The van der Waals surface area contributed by atoms with Crippen molar-refractivity contribution in [2.24, 2.45) is 0 Å². The van der Waals surface area contributed by atoms with Gasteiger partial charge in [-0.15, -0.1) is 0 Å². The van der Waals surface area contributed by atoms with Crippen LogP contribution in [0.1, 0.15) is 25.8 Å². The molecule has 1 aromatic rings. The minimum absolute atomic E-state index is 0.487. The van der Waals surface area contributed by atoms with Gasteiger partial charge < -0.3 is 10.2 Å². The normalized spacial score (nSPS) is 19.1. The van der Waals surface area contributed by atoms with Crippen LogP contribution in [0.15, 0.2) is 24.3 Å². The van der Waals surface area contributed by atoms with Crippen LogP contribution >= 0.6 is 12.2 Å². The predicted molar refractivity (Wildman–Crippen MR) is 73.0 cm³/mol. The van der Waals surface area contributed by atoms with Crippen molar-refractivity contribution in [1.29, 1.82) is 0 Å². The molecular weight excluding hydrogens is 216 g/mol. The average Bonchev–Trinajstić information content (AvgIpc) is 2.29. The molecule has 1 atom stereocenters. The van der Waals surface area contributed by atoms with Gasteiger partial charge in [-0.3, -0.25) is 0 Å². The molecule has 0 saturated heterocycles. The van der Waals surface area contributed by atoms with E-state index in [0.29, 0.717) is 6.04 Å². The number of fused-ring (bicyclic) bond motifs is 1. The maximum atomic E-state index is 5.44. The maximum Gasteiger partial charge on any atom is 0.173 e. The lowest BCUT2D eigenvalue weighted by molar-refractivity contribution is 0.623. The molecular formula is C13H18N2S. The molecule has 1 N–H and O–H groups in total. The number of hydrogen-bond acceptors (Lipinski definition) is 1. The van der Waals surface area contributed by atoms with Crippen molar-refractivity contribution in [3.8, 4) is 0 Å². The van der Waals surface area contributed by atoms with Crippen LogP contribution < -0.4 is 10.2 Å². The summed E-state index contributed by atoms with van der Waals surface area (Å²) in [6.07, 6.45) is 2.32. The molecule has 1 heterocycles. The van der Waals surface area contributed by atoms with Crippen LogP contribution in [0.4, 0.5) is 5.69 Å². The fourth-order valence-corrected chi connectivity index (χ4v) is 2.66. The number of benzene rings is 1. The second-order valence-electron chi connectivity index (χ2n) is 4.22. The van der Waals surface area contributed by atoms with Gasteiger partial charge in [-0.25, -0.2) is 0 Å². The van der Waals surface area contributed by atoms with Gasteiger partial charge in [0.2, 0.25) is 0 Å². The summed E-state index contributed by atoms with van der Waals surface area (Å²) in [6, 6.07) is 9.03. The number of thiocarbonyl (C=S) groups is 1. The van der Waals surface area contributed by atoms with Crippen molar-refractivity contribution in [1.82, 2.24) is 5.32 Å². The molecule has 2 nitrogen and oxygen atoms in total. The van der Waals surface area contributed by atoms with E-state index in [1.165, 1.54) is 17.7 Å². The third-order valence-electron chi connectivity index (χ3n) is 3.07. The summed E-state index contributed by atoms with van der Waals surface area (Å²) in [5, 5.41) is 4.09. The summed E-state index contributed by atoms with van der Waals surface area (Å²) in [4.78, 5) is 2.25. The Labute approximate surface area is 103 Å². The Morgan fingerprint density at radius 3 is 3.00 bits per heavy atom. The number of hydrogen-bond donors (Lipinski definition) is 1. The molecule has 3 heteroatoms. The molecule has 0 radical (unpaired) electrons. The zero-order valence-electron chi connectivity index (χ0n) is 9.86. The molecule has 1 aliphatic rings. The fourth-order valence-electron chi connectivity index (χ4n) is 2.23.